The zero-order chi connectivity index (χ0) is 12.3. The van der Waals surface area contributed by atoms with Crippen molar-refractivity contribution in [1.29, 1.82) is 5.26 Å². The lowest BCUT2D eigenvalue weighted by molar-refractivity contribution is 0.589. The summed E-state index contributed by atoms with van der Waals surface area (Å²) in [5.41, 5.74) is -0.0103. The molecule has 0 amide bonds. The van der Waals surface area contributed by atoms with Gasteiger partial charge in [-0.3, -0.25) is 0 Å². The van der Waals surface area contributed by atoms with E-state index >= 15 is 0 Å². The fourth-order valence-electron chi connectivity index (χ4n) is 1.31. The quantitative estimate of drug-likeness (QED) is 0.793. The van der Waals surface area contributed by atoms with Crippen LogP contribution in [0.15, 0.2) is 52.5 Å². The second kappa shape index (κ2) is 4.31. The third kappa shape index (κ3) is 2.00. The molecule has 0 aliphatic carbocycles. The molecule has 0 aliphatic rings. The topological polar surface area (TPSA) is 83.7 Å². The second-order valence-electron chi connectivity index (χ2n) is 3.18. The third-order valence-corrected chi connectivity index (χ3v) is 3.82. The van der Waals surface area contributed by atoms with E-state index in [0.717, 1.165) is 0 Å². The van der Waals surface area contributed by atoms with E-state index in [4.69, 9.17) is 5.26 Å². The van der Waals surface area contributed by atoms with Gasteiger partial charge in [-0.25, -0.2) is 8.42 Å². The summed E-state index contributed by atoms with van der Waals surface area (Å²) >= 11 is 0. The smallest absolute Gasteiger partial charge is 0.217 e. The molecular weight excluding hydrogens is 238 g/mol. The summed E-state index contributed by atoms with van der Waals surface area (Å²) in [4.78, 5) is 0.0944. The first-order valence-electron chi connectivity index (χ1n) is 4.68. The number of hydrogen-bond acceptors (Lipinski definition) is 5. The zero-order valence-corrected chi connectivity index (χ0v) is 9.42. The fraction of sp³-hybridized carbons (Fsp3) is 0. The number of sulfone groups is 1. The predicted molar refractivity (Wildman–Crippen MR) is 58.6 cm³/mol. The highest BCUT2D eigenvalue weighted by Crippen LogP contribution is 2.20. The minimum atomic E-state index is -3.78. The standard InChI is InChI=1S/C11H7N3O2S/c12-8-9-6-7-13-14-11(9)17(15,16)10-4-2-1-3-5-10/h1-7H. The van der Waals surface area contributed by atoms with E-state index in [1.807, 2.05) is 0 Å². The van der Waals surface area contributed by atoms with Crippen molar-refractivity contribution < 1.29 is 8.42 Å². The number of hydrogen-bond donors (Lipinski definition) is 0. The van der Waals surface area contributed by atoms with Gasteiger partial charge < -0.3 is 0 Å². The lowest BCUT2D eigenvalue weighted by Gasteiger charge is -2.03. The van der Waals surface area contributed by atoms with Gasteiger partial charge in [0.1, 0.15) is 6.07 Å². The van der Waals surface area contributed by atoms with Crippen LogP contribution in [0.4, 0.5) is 0 Å². The summed E-state index contributed by atoms with van der Waals surface area (Å²) in [6, 6.07) is 10.9. The maximum Gasteiger partial charge on any atom is 0.227 e. The molecule has 2 rings (SSSR count). The van der Waals surface area contributed by atoms with Crippen LogP contribution in [-0.2, 0) is 9.84 Å². The fourth-order valence-corrected chi connectivity index (χ4v) is 2.61. The monoisotopic (exact) mass is 245 g/mol. The lowest BCUT2D eigenvalue weighted by atomic mass is 10.3. The van der Waals surface area contributed by atoms with E-state index in [0.29, 0.717) is 0 Å². The van der Waals surface area contributed by atoms with Crippen LogP contribution in [0.2, 0.25) is 0 Å². The number of rotatable bonds is 2. The average molecular weight is 245 g/mol. The van der Waals surface area contributed by atoms with Gasteiger partial charge in [-0.2, -0.15) is 10.4 Å². The summed E-state index contributed by atoms with van der Waals surface area (Å²) in [6.45, 7) is 0. The number of aromatic nitrogens is 2. The van der Waals surface area contributed by atoms with Crippen molar-refractivity contribution in [2.45, 2.75) is 9.92 Å². The highest BCUT2D eigenvalue weighted by Gasteiger charge is 2.23. The summed E-state index contributed by atoms with van der Waals surface area (Å²) in [7, 11) is -3.78. The van der Waals surface area contributed by atoms with E-state index in [2.05, 4.69) is 10.2 Å². The molecule has 2 aromatic rings. The lowest BCUT2D eigenvalue weighted by Crippen LogP contribution is -2.07. The van der Waals surface area contributed by atoms with Gasteiger partial charge in [0.05, 0.1) is 16.7 Å². The molecule has 0 saturated carbocycles. The van der Waals surface area contributed by atoms with E-state index in [-0.39, 0.29) is 15.5 Å². The first kappa shape index (κ1) is 11.2. The number of benzene rings is 1. The van der Waals surface area contributed by atoms with Crippen LogP contribution in [0.25, 0.3) is 0 Å². The van der Waals surface area contributed by atoms with E-state index in [1.165, 1.54) is 24.4 Å². The van der Waals surface area contributed by atoms with E-state index in [1.54, 1.807) is 24.3 Å². The molecular formula is C11H7N3O2S. The Bertz CT molecular complexity index is 675. The summed E-state index contributed by atoms with van der Waals surface area (Å²) in [5.74, 6) is 0. The first-order chi connectivity index (χ1) is 8.16. The second-order valence-corrected chi connectivity index (χ2v) is 5.04. The largest absolute Gasteiger partial charge is 0.227 e. The molecule has 1 aromatic carbocycles. The molecule has 1 aromatic heterocycles. The molecule has 0 spiro atoms. The molecule has 1 heterocycles. The van der Waals surface area contributed by atoms with E-state index < -0.39 is 9.84 Å². The Hall–Kier alpha value is -2.26. The summed E-state index contributed by atoms with van der Waals surface area (Å²) in [5, 5.41) is 15.6. The minimum Gasteiger partial charge on any atom is -0.217 e. The van der Waals surface area contributed by atoms with Crippen LogP contribution >= 0.6 is 0 Å². The molecule has 84 valence electrons. The van der Waals surface area contributed by atoms with Crippen LogP contribution in [0, 0.1) is 11.3 Å². The molecule has 6 heteroatoms. The Morgan fingerprint density at radius 3 is 2.47 bits per heavy atom. The minimum absolute atomic E-state index is 0.0103. The van der Waals surface area contributed by atoms with Gasteiger partial charge in [0.2, 0.25) is 9.84 Å². The van der Waals surface area contributed by atoms with Crippen LogP contribution in [0.5, 0.6) is 0 Å². The summed E-state index contributed by atoms with van der Waals surface area (Å²) in [6.07, 6.45) is 1.28. The van der Waals surface area contributed by atoms with Gasteiger partial charge in [-0.15, -0.1) is 5.10 Å². The van der Waals surface area contributed by atoms with Crippen LogP contribution in [0.3, 0.4) is 0 Å². The Morgan fingerprint density at radius 2 is 1.82 bits per heavy atom. The molecule has 0 radical (unpaired) electrons. The van der Waals surface area contributed by atoms with Gasteiger partial charge in [-0.1, -0.05) is 18.2 Å². The number of nitrogens with zero attached hydrogens (tertiary/aromatic N) is 3. The first-order valence-corrected chi connectivity index (χ1v) is 6.16. The molecule has 0 atom stereocenters. The van der Waals surface area contributed by atoms with Crippen LogP contribution < -0.4 is 0 Å². The van der Waals surface area contributed by atoms with Crippen molar-refractivity contribution >= 4 is 9.84 Å². The molecule has 0 N–H and O–H groups in total. The normalized spacial score (nSPS) is 10.8. The molecule has 5 nitrogen and oxygen atoms in total. The Kier molecular flexibility index (Phi) is 2.85. The van der Waals surface area contributed by atoms with Crippen molar-refractivity contribution in [3.63, 3.8) is 0 Å². The average Bonchev–Trinajstić information content (AvgIpc) is 2.39. The van der Waals surface area contributed by atoms with Gasteiger partial charge >= 0.3 is 0 Å². The molecule has 0 fully saturated rings. The molecule has 0 saturated heterocycles. The SMILES string of the molecule is N#Cc1ccnnc1S(=O)(=O)c1ccccc1. The third-order valence-electron chi connectivity index (χ3n) is 2.12. The van der Waals surface area contributed by atoms with Crippen molar-refractivity contribution in [3.05, 3.63) is 48.2 Å². The highest BCUT2D eigenvalue weighted by molar-refractivity contribution is 7.91. The maximum absolute atomic E-state index is 12.2. The van der Waals surface area contributed by atoms with Crippen molar-refractivity contribution in [2.75, 3.05) is 0 Å². The van der Waals surface area contributed by atoms with Crippen molar-refractivity contribution in [2.24, 2.45) is 0 Å². The summed E-state index contributed by atoms with van der Waals surface area (Å²) < 4.78 is 24.3. The van der Waals surface area contributed by atoms with Crippen LogP contribution in [0.1, 0.15) is 5.56 Å². The van der Waals surface area contributed by atoms with Gasteiger partial charge in [0, 0.05) is 0 Å². The van der Waals surface area contributed by atoms with Crippen molar-refractivity contribution in [1.82, 2.24) is 10.2 Å². The van der Waals surface area contributed by atoms with Gasteiger partial charge in [-0.05, 0) is 18.2 Å². The Morgan fingerprint density at radius 1 is 1.12 bits per heavy atom. The Labute approximate surface area is 98.3 Å². The van der Waals surface area contributed by atoms with Gasteiger partial charge in [0.15, 0.2) is 5.03 Å². The van der Waals surface area contributed by atoms with Crippen LogP contribution in [-0.4, -0.2) is 18.6 Å². The number of nitriles is 1. The van der Waals surface area contributed by atoms with E-state index in [9.17, 15) is 8.42 Å². The zero-order valence-electron chi connectivity index (χ0n) is 8.61. The van der Waals surface area contributed by atoms with Crippen molar-refractivity contribution in [3.8, 4) is 6.07 Å². The molecule has 0 bridgehead atoms. The molecule has 0 aliphatic heterocycles. The molecule has 0 unspecified atom stereocenters. The molecule has 17 heavy (non-hydrogen) atoms. The Balaban J connectivity index is 2.66. The maximum atomic E-state index is 12.2. The highest BCUT2D eigenvalue weighted by atomic mass is 32.2. The van der Waals surface area contributed by atoms with Gasteiger partial charge in [0.25, 0.3) is 0 Å². The predicted octanol–water partition coefficient (Wildman–Crippen LogP) is 1.18.